The quantitative estimate of drug-likeness (QED) is 0.499. The third-order valence-corrected chi connectivity index (χ3v) is 3.40. The molecule has 0 nitrogen and oxygen atoms in total. The molecule has 3 rings (SSSR count). The Labute approximate surface area is 163 Å². The van der Waals surface area contributed by atoms with Gasteiger partial charge in [-0.2, -0.15) is 0 Å². The largest absolute Gasteiger partial charge is 0.0622 e. The minimum atomic E-state index is 0. The van der Waals surface area contributed by atoms with Crippen LogP contribution in [0.1, 0.15) is 22.6 Å². The summed E-state index contributed by atoms with van der Waals surface area (Å²) >= 11 is 0. The minimum Gasteiger partial charge on any atom is -0.0622 e. The van der Waals surface area contributed by atoms with E-state index in [-0.39, 0.29) is 51.4 Å². The maximum absolute atomic E-state index is 2.20. The molecule has 0 unspecified atom stereocenters. The van der Waals surface area contributed by atoms with Crippen LogP contribution in [0.2, 0.25) is 0 Å². The molecule has 0 amide bonds. The SMILES string of the molecule is [KH].c1ccc(C(c2ccccc2)c2ccccc2)cc1. The third kappa shape index (κ3) is 3.69. The first kappa shape index (κ1) is 15.7. The van der Waals surface area contributed by atoms with Crippen LogP contribution < -0.4 is 0 Å². The number of hydrogen-bond donors (Lipinski definition) is 0. The van der Waals surface area contributed by atoms with Gasteiger partial charge in [0.2, 0.25) is 0 Å². The molecule has 0 N–H and O–H groups in total. The van der Waals surface area contributed by atoms with E-state index in [0.29, 0.717) is 5.92 Å². The summed E-state index contributed by atoms with van der Waals surface area (Å²) in [5.41, 5.74) is 4.00. The average molecular weight is 284 g/mol. The molecule has 94 valence electrons. The fraction of sp³-hybridized carbons (Fsp3) is 0.0526. The zero-order chi connectivity index (χ0) is 12.9. The van der Waals surface area contributed by atoms with Gasteiger partial charge in [0.25, 0.3) is 0 Å². The van der Waals surface area contributed by atoms with Crippen LogP contribution in [0.3, 0.4) is 0 Å². The molecular weight excluding hydrogens is 267 g/mol. The molecule has 1 heteroatoms. The Morgan fingerprint density at radius 1 is 0.400 bits per heavy atom. The molecule has 0 fully saturated rings. The molecule has 0 spiro atoms. The van der Waals surface area contributed by atoms with Gasteiger partial charge in [-0.25, -0.2) is 0 Å². The third-order valence-electron chi connectivity index (χ3n) is 3.40. The Morgan fingerprint density at radius 2 is 0.650 bits per heavy atom. The smallest absolute Gasteiger partial charge is 0.0339 e. The van der Waals surface area contributed by atoms with Crippen molar-refractivity contribution >= 4 is 51.4 Å². The fourth-order valence-corrected chi connectivity index (χ4v) is 2.51. The van der Waals surface area contributed by atoms with E-state index in [0.717, 1.165) is 0 Å². The summed E-state index contributed by atoms with van der Waals surface area (Å²) in [5.74, 6) is 0.309. The van der Waals surface area contributed by atoms with Crippen molar-refractivity contribution in [1.29, 1.82) is 0 Å². The van der Waals surface area contributed by atoms with Gasteiger partial charge >= 0.3 is 51.4 Å². The van der Waals surface area contributed by atoms with E-state index in [2.05, 4.69) is 91.0 Å². The van der Waals surface area contributed by atoms with Crippen LogP contribution in [0.15, 0.2) is 91.0 Å². The van der Waals surface area contributed by atoms with E-state index >= 15 is 0 Å². The number of rotatable bonds is 3. The van der Waals surface area contributed by atoms with Gasteiger partial charge in [0.05, 0.1) is 0 Å². The maximum atomic E-state index is 2.20. The second-order valence-electron chi connectivity index (χ2n) is 4.67. The van der Waals surface area contributed by atoms with Crippen LogP contribution in [0.25, 0.3) is 0 Å². The van der Waals surface area contributed by atoms with Crippen molar-refractivity contribution in [2.45, 2.75) is 5.92 Å². The first-order valence-corrected chi connectivity index (χ1v) is 6.60. The predicted molar refractivity (Wildman–Crippen MR) is 87.4 cm³/mol. The summed E-state index contributed by atoms with van der Waals surface area (Å²) in [6.45, 7) is 0. The van der Waals surface area contributed by atoms with Crippen molar-refractivity contribution in [1.82, 2.24) is 0 Å². The van der Waals surface area contributed by atoms with Crippen molar-refractivity contribution in [3.8, 4) is 0 Å². The molecule has 0 bridgehead atoms. The van der Waals surface area contributed by atoms with Crippen LogP contribution in [-0.4, -0.2) is 51.4 Å². The number of hydrogen-bond acceptors (Lipinski definition) is 0. The molecule has 0 heterocycles. The Morgan fingerprint density at radius 3 is 0.900 bits per heavy atom. The molecule has 0 saturated heterocycles. The first-order valence-electron chi connectivity index (χ1n) is 6.60. The number of benzene rings is 3. The second kappa shape index (κ2) is 7.92. The molecule has 0 aliphatic heterocycles. The summed E-state index contributed by atoms with van der Waals surface area (Å²) in [5, 5.41) is 0. The topological polar surface area (TPSA) is 0 Å². The average Bonchev–Trinajstić information content (AvgIpc) is 2.51. The van der Waals surface area contributed by atoms with Crippen LogP contribution in [0, 0.1) is 0 Å². The van der Waals surface area contributed by atoms with Gasteiger partial charge in [0.1, 0.15) is 0 Å². The zero-order valence-electron chi connectivity index (χ0n) is 10.7. The monoisotopic (exact) mass is 284 g/mol. The van der Waals surface area contributed by atoms with Crippen molar-refractivity contribution in [3.05, 3.63) is 108 Å². The van der Waals surface area contributed by atoms with Gasteiger partial charge in [0.15, 0.2) is 0 Å². The van der Waals surface area contributed by atoms with Gasteiger partial charge in [-0.05, 0) is 16.7 Å². The van der Waals surface area contributed by atoms with Crippen molar-refractivity contribution in [2.24, 2.45) is 0 Å². The second-order valence-corrected chi connectivity index (χ2v) is 4.67. The zero-order valence-corrected chi connectivity index (χ0v) is 10.7. The van der Waals surface area contributed by atoms with E-state index in [4.69, 9.17) is 0 Å². The minimum absolute atomic E-state index is 0. The fourth-order valence-electron chi connectivity index (χ4n) is 2.51. The summed E-state index contributed by atoms with van der Waals surface area (Å²) in [6, 6.07) is 32.0. The normalized spacial score (nSPS) is 10.1. The van der Waals surface area contributed by atoms with E-state index in [1.165, 1.54) is 16.7 Å². The molecule has 0 aromatic heterocycles. The van der Waals surface area contributed by atoms with Crippen LogP contribution in [-0.2, 0) is 0 Å². The molecule has 0 aliphatic rings. The molecule has 20 heavy (non-hydrogen) atoms. The van der Waals surface area contributed by atoms with E-state index in [1.54, 1.807) is 0 Å². The van der Waals surface area contributed by atoms with E-state index in [1.807, 2.05) is 0 Å². The Hall–Kier alpha value is -0.704. The Balaban J connectivity index is 0.00000147. The van der Waals surface area contributed by atoms with Gasteiger partial charge in [-0.3, -0.25) is 0 Å². The molecule has 3 aromatic rings. The van der Waals surface area contributed by atoms with E-state index < -0.39 is 0 Å². The van der Waals surface area contributed by atoms with Gasteiger partial charge in [-0.1, -0.05) is 91.0 Å². The van der Waals surface area contributed by atoms with Gasteiger partial charge < -0.3 is 0 Å². The van der Waals surface area contributed by atoms with Crippen molar-refractivity contribution < 1.29 is 0 Å². The van der Waals surface area contributed by atoms with Crippen molar-refractivity contribution in [2.75, 3.05) is 0 Å². The molecule has 0 radical (unpaired) electrons. The van der Waals surface area contributed by atoms with E-state index in [9.17, 15) is 0 Å². The Kier molecular flexibility index (Phi) is 6.21. The molecular formula is C19H17K. The molecule has 0 aliphatic carbocycles. The van der Waals surface area contributed by atoms with Crippen LogP contribution in [0.5, 0.6) is 0 Å². The van der Waals surface area contributed by atoms with Crippen LogP contribution in [0.4, 0.5) is 0 Å². The molecule has 3 aromatic carbocycles. The predicted octanol–water partition coefficient (Wildman–Crippen LogP) is 4.22. The van der Waals surface area contributed by atoms with Crippen LogP contribution >= 0.6 is 0 Å². The summed E-state index contributed by atoms with van der Waals surface area (Å²) in [4.78, 5) is 0. The Bertz CT molecular complexity index is 524. The summed E-state index contributed by atoms with van der Waals surface area (Å²) in [6.07, 6.45) is 0. The first-order chi connectivity index (χ1) is 9.45. The van der Waals surface area contributed by atoms with Gasteiger partial charge in [-0.15, -0.1) is 0 Å². The maximum Gasteiger partial charge on any atom is 0.0339 e. The molecule has 0 saturated carbocycles. The summed E-state index contributed by atoms with van der Waals surface area (Å²) < 4.78 is 0. The standard InChI is InChI=1S/C19H16.K.H/c1-4-10-16(11-5-1)19(17-12-6-2-7-13-17)18-14-8-3-9-15-18;;/h1-15,19H;;. The summed E-state index contributed by atoms with van der Waals surface area (Å²) in [7, 11) is 0. The van der Waals surface area contributed by atoms with Crippen molar-refractivity contribution in [3.63, 3.8) is 0 Å². The molecule has 0 atom stereocenters. The van der Waals surface area contributed by atoms with Gasteiger partial charge in [0, 0.05) is 5.92 Å².